The van der Waals surface area contributed by atoms with E-state index in [0.717, 1.165) is 35.0 Å². The van der Waals surface area contributed by atoms with E-state index in [2.05, 4.69) is 17.3 Å². The molecule has 1 aromatic heterocycles. The maximum atomic E-state index is 13.0. The van der Waals surface area contributed by atoms with Crippen LogP contribution in [0.15, 0.2) is 29.3 Å². The van der Waals surface area contributed by atoms with Crippen molar-refractivity contribution >= 4 is 29.9 Å². The molecule has 0 saturated heterocycles. The van der Waals surface area contributed by atoms with Crippen molar-refractivity contribution in [3.63, 3.8) is 0 Å². The van der Waals surface area contributed by atoms with Crippen molar-refractivity contribution < 1.29 is 4.39 Å². The monoisotopic (exact) mass is 459 g/mol. The Morgan fingerprint density at radius 3 is 2.44 bits per heavy atom. The van der Waals surface area contributed by atoms with E-state index in [1.165, 1.54) is 12.1 Å². The lowest BCUT2D eigenvalue weighted by Crippen LogP contribution is -2.38. The standard InChI is InChI=1S/C18H26FN5.HI/c1-6-20-18(21-11-17-13(2)22-24(5)14(17)3)23(4)12-15-7-9-16(19)10-8-15;/h7-10H,6,11-12H2,1-5H3,(H,20,21);1H. The third-order valence-electron chi connectivity index (χ3n) is 4.08. The number of aliphatic imine (C=N–C) groups is 1. The fraction of sp³-hybridized carbons (Fsp3) is 0.444. The van der Waals surface area contributed by atoms with Gasteiger partial charge in [0.2, 0.25) is 0 Å². The Hall–Kier alpha value is -1.64. The van der Waals surface area contributed by atoms with Crippen LogP contribution >= 0.6 is 24.0 Å². The second-order valence-electron chi connectivity index (χ2n) is 5.93. The summed E-state index contributed by atoms with van der Waals surface area (Å²) < 4.78 is 14.9. The second kappa shape index (κ2) is 9.74. The molecule has 0 spiro atoms. The molecule has 5 nitrogen and oxygen atoms in total. The number of aromatic nitrogens is 2. The zero-order valence-electron chi connectivity index (χ0n) is 15.5. The van der Waals surface area contributed by atoms with Crippen molar-refractivity contribution in [3.8, 4) is 0 Å². The van der Waals surface area contributed by atoms with Crippen LogP contribution in [0.25, 0.3) is 0 Å². The minimum absolute atomic E-state index is 0. The summed E-state index contributed by atoms with van der Waals surface area (Å²) in [5, 5.41) is 7.74. The first-order chi connectivity index (χ1) is 11.4. The van der Waals surface area contributed by atoms with Gasteiger partial charge < -0.3 is 10.2 Å². The number of hydrogen-bond donors (Lipinski definition) is 1. The first kappa shape index (κ1) is 21.4. The first-order valence-electron chi connectivity index (χ1n) is 8.15. The summed E-state index contributed by atoms with van der Waals surface area (Å²) in [6.45, 7) is 8.14. The molecule has 1 aromatic carbocycles. The number of guanidine groups is 1. The summed E-state index contributed by atoms with van der Waals surface area (Å²) in [7, 11) is 3.93. The molecule has 0 fully saturated rings. The quantitative estimate of drug-likeness (QED) is 0.424. The molecule has 7 heteroatoms. The van der Waals surface area contributed by atoms with Crippen LogP contribution in [-0.4, -0.2) is 34.2 Å². The van der Waals surface area contributed by atoms with Crippen LogP contribution < -0.4 is 5.32 Å². The van der Waals surface area contributed by atoms with Gasteiger partial charge in [-0.15, -0.1) is 24.0 Å². The molecule has 25 heavy (non-hydrogen) atoms. The SMILES string of the molecule is CCNC(=NCc1c(C)nn(C)c1C)N(C)Cc1ccc(F)cc1.I. The van der Waals surface area contributed by atoms with Gasteiger partial charge >= 0.3 is 0 Å². The van der Waals surface area contributed by atoms with E-state index in [9.17, 15) is 4.39 Å². The molecule has 1 heterocycles. The molecule has 0 aliphatic carbocycles. The Labute approximate surface area is 166 Å². The van der Waals surface area contributed by atoms with Gasteiger partial charge in [0, 0.05) is 38.4 Å². The largest absolute Gasteiger partial charge is 0.357 e. The first-order valence-corrected chi connectivity index (χ1v) is 8.15. The minimum atomic E-state index is -0.218. The van der Waals surface area contributed by atoms with Gasteiger partial charge in [-0.3, -0.25) is 4.68 Å². The normalized spacial score (nSPS) is 11.2. The number of halogens is 2. The van der Waals surface area contributed by atoms with E-state index >= 15 is 0 Å². The van der Waals surface area contributed by atoms with Crippen molar-refractivity contribution in [1.82, 2.24) is 20.0 Å². The molecule has 138 valence electrons. The summed E-state index contributed by atoms with van der Waals surface area (Å²) in [6, 6.07) is 6.56. The average Bonchev–Trinajstić information content (AvgIpc) is 2.79. The maximum Gasteiger partial charge on any atom is 0.194 e. The third kappa shape index (κ3) is 5.69. The molecular weight excluding hydrogens is 432 g/mol. The number of hydrogen-bond acceptors (Lipinski definition) is 2. The lowest BCUT2D eigenvalue weighted by Gasteiger charge is -2.22. The van der Waals surface area contributed by atoms with Crippen LogP contribution in [0.5, 0.6) is 0 Å². The summed E-state index contributed by atoms with van der Waals surface area (Å²) in [6.07, 6.45) is 0. The molecule has 0 radical (unpaired) electrons. The Morgan fingerprint density at radius 1 is 1.28 bits per heavy atom. The molecule has 0 atom stereocenters. The van der Waals surface area contributed by atoms with E-state index in [4.69, 9.17) is 4.99 Å². The van der Waals surface area contributed by atoms with Crippen molar-refractivity contribution in [3.05, 3.63) is 52.6 Å². The van der Waals surface area contributed by atoms with Gasteiger partial charge in [-0.25, -0.2) is 9.38 Å². The predicted octanol–water partition coefficient (Wildman–Crippen LogP) is 3.39. The van der Waals surface area contributed by atoms with Gasteiger partial charge in [0.1, 0.15) is 5.82 Å². The zero-order chi connectivity index (χ0) is 17.7. The summed E-state index contributed by atoms with van der Waals surface area (Å²) in [4.78, 5) is 6.78. The molecule has 0 unspecified atom stereocenters. The minimum Gasteiger partial charge on any atom is -0.357 e. The van der Waals surface area contributed by atoms with Crippen LogP contribution in [0.2, 0.25) is 0 Å². The highest BCUT2D eigenvalue weighted by Gasteiger charge is 2.11. The molecule has 0 amide bonds. The summed E-state index contributed by atoms with van der Waals surface area (Å²) >= 11 is 0. The molecule has 0 aliphatic rings. The maximum absolute atomic E-state index is 13.0. The van der Waals surface area contributed by atoms with Crippen molar-refractivity contribution in [2.45, 2.75) is 33.9 Å². The number of nitrogens with zero attached hydrogens (tertiary/aromatic N) is 4. The van der Waals surface area contributed by atoms with Crippen LogP contribution in [0.1, 0.15) is 29.4 Å². The van der Waals surface area contributed by atoms with Gasteiger partial charge in [-0.1, -0.05) is 12.1 Å². The predicted molar refractivity (Wildman–Crippen MR) is 111 cm³/mol. The molecule has 2 aromatic rings. The molecule has 0 saturated carbocycles. The lowest BCUT2D eigenvalue weighted by molar-refractivity contribution is 0.476. The van der Waals surface area contributed by atoms with Crippen LogP contribution in [-0.2, 0) is 20.1 Å². The Kier molecular flexibility index (Phi) is 8.34. The number of nitrogens with one attached hydrogen (secondary N) is 1. The average molecular weight is 459 g/mol. The Morgan fingerprint density at radius 2 is 1.92 bits per heavy atom. The molecule has 0 aliphatic heterocycles. The topological polar surface area (TPSA) is 45.5 Å². The number of rotatable bonds is 5. The summed E-state index contributed by atoms with van der Waals surface area (Å²) in [5.74, 6) is 0.606. The highest BCUT2D eigenvalue weighted by atomic mass is 127. The Bertz CT molecular complexity index is 709. The highest BCUT2D eigenvalue weighted by molar-refractivity contribution is 14.0. The highest BCUT2D eigenvalue weighted by Crippen LogP contribution is 2.13. The van der Waals surface area contributed by atoms with Gasteiger partial charge in [0.05, 0.1) is 12.2 Å². The van der Waals surface area contributed by atoms with Gasteiger partial charge in [0.25, 0.3) is 0 Å². The van der Waals surface area contributed by atoms with Crippen LogP contribution in [0.3, 0.4) is 0 Å². The fourth-order valence-electron chi connectivity index (χ4n) is 2.61. The van der Waals surface area contributed by atoms with E-state index in [-0.39, 0.29) is 29.8 Å². The van der Waals surface area contributed by atoms with Gasteiger partial charge in [-0.05, 0) is 38.5 Å². The van der Waals surface area contributed by atoms with Crippen molar-refractivity contribution in [2.75, 3.05) is 13.6 Å². The Balaban J connectivity index is 0.00000312. The van der Waals surface area contributed by atoms with E-state index in [1.54, 1.807) is 12.1 Å². The van der Waals surface area contributed by atoms with Crippen LogP contribution in [0, 0.1) is 19.7 Å². The van der Waals surface area contributed by atoms with E-state index in [0.29, 0.717) is 13.1 Å². The molecule has 1 N–H and O–H groups in total. The molecular formula is C18H27FIN5. The van der Waals surface area contributed by atoms with Gasteiger partial charge in [0.15, 0.2) is 5.96 Å². The lowest BCUT2D eigenvalue weighted by atomic mass is 10.2. The third-order valence-corrected chi connectivity index (χ3v) is 4.08. The number of benzene rings is 1. The second-order valence-corrected chi connectivity index (χ2v) is 5.93. The van der Waals surface area contributed by atoms with E-state index < -0.39 is 0 Å². The zero-order valence-corrected chi connectivity index (χ0v) is 17.8. The van der Waals surface area contributed by atoms with Crippen molar-refractivity contribution in [2.24, 2.45) is 12.0 Å². The molecule has 0 bridgehead atoms. The van der Waals surface area contributed by atoms with E-state index in [1.807, 2.05) is 37.5 Å². The van der Waals surface area contributed by atoms with Crippen LogP contribution in [0.4, 0.5) is 4.39 Å². The summed E-state index contributed by atoms with van der Waals surface area (Å²) in [5.41, 5.74) is 4.34. The number of aryl methyl sites for hydroxylation is 2. The smallest absolute Gasteiger partial charge is 0.194 e. The fourth-order valence-corrected chi connectivity index (χ4v) is 2.61. The van der Waals surface area contributed by atoms with Crippen molar-refractivity contribution in [1.29, 1.82) is 0 Å². The van der Waals surface area contributed by atoms with Gasteiger partial charge in [-0.2, -0.15) is 5.10 Å². The molecule has 2 rings (SSSR count).